The van der Waals surface area contributed by atoms with Gasteiger partial charge in [0, 0.05) is 40.5 Å². The van der Waals surface area contributed by atoms with Crippen LogP contribution < -0.4 is 4.72 Å². The van der Waals surface area contributed by atoms with Gasteiger partial charge in [-0.3, -0.25) is 4.72 Å². The Morgan fingerprint density at radius 2 is 1.65 bits per heavy atom. The first-order valence-corrected chi connectivity index (χ1v) is 11.7. The third kappa shape index (κ3) is 4.11. The highest BCUT2D eigenvalue weighted by atomic mass is 35.5. The molecule has 0 unspecified atom stereocenters. The summed E-state index contributed by atoms with van der Waals surface area (Å²) in [4.78, 5) is 7.70. The second-order valence-corrected chi connectivity index (χ2v) is 9.34. The van der Waals surface area contributed by atoms with Gasteiger partial charge in [0.15, 0.2) is 5.15 Å². The van der Waals surface area contributed by atoms with E-state index in [1.807, 2.05) is 36.4 Å². The van der Waals surface area contributed by atoms with Crippen LogP contribution in [-0.2, 0) is 10.0 Å². The van der Waals surface area contributed by atoms with Gasteiger partial charge in [-0.05, 0) is 29.8 Å². The summed E-state index contributed by atoms with van der Waals surface area (Å²) in [6.07, 6.45) is 4.63. The predicted octanol–water partition coefficient (Wildman–Crippen LogP) is 6.29. The van der Waals surface area contributed by atoms with Gasteiger partial charge in [0.2, 0.25) is 5.71 Å². The Morgan fingerprint density at radius 1 is 0.882 bits per heavy atom. The number of anilines is 1. The van der Waals surface area contributed by atoms with E-state index in [4.69, 9.17) is 16.0 Å². The molecule has 170 valence electrons. The van der Waals surface area contributed by atoms with Gasteiger partial charge >= 0.3 is 0 Å². The van der Waals surface area contributed by atoms with Crippen LogP contribution in [0.25, 0.3) is 33.4 Å². The number of rotatable bonds is 5. The van der Waals surface area contributed by atoms with Crippen molar-refractivity contribution in [2.24, 2.45) is 0 Å². The van der Waals surface area contributed by atoms with Crippen LogP contribution in [-0.4, -0.2) is 18.4 Å². The summed E-state index contributed by atoms with van der Waals surface area (Å²) in [6.45, 7) is 0. The molecule has 0 fully saturated rings. The molecule has 5 aromatic rings. The number of benzene rings is 2. The van der Waals surface area contributed by atoms with Crippen molar-refractivity contribution in [1.29, 1.82) is 0 Å². The molecule has 0 aliphatic carbocycles. The molecule has 10 heteroatoms. The molecule has 0 atom stereocenters. The molecule has 0 spiro atoms. The van der Waals surface area contributed by atoms with Crippen molar-refractivity contribution >= 4 is 38.4 Å². The van der Waals surface area contributed by atoms with Crippen LogP contribution in [0.4, 0.5) is 14.5 Å². The van der Waals surface area contributed by atoms with Crippen molar-refractivity contribution in [2.75, 3.05) is 4.72 Å². The first-order valence-electron chi connectivity index (χ1n) is 9.88. The van der Waals surface area contributed by atoms with E-state index in [9.17, 15) is 17.2 Å². The zero-order valence-electron chi connectivity index (χ0n) is 17.2. The van der Waals surface area contributed by atoms with Gasteiger partial charge in [-0.25, -0.2) is 27.2 Å². The summed E-state index contributed by atoms with van der Waals surface area (Å²) in [7, 11) is -4.41. The standard InChI is InChI=1S/C24H14ClF2N3O3S/c25-23-21(30-34(31,32)22-7-6-17(26)10-20(22)27)9-16(12-28-23)19-13-33-24-18(19)8-15(11-29-24)14-4-2-1-3-5-14/h1-13,30H. The average molecular weight is 498 g/mol. The van der Waals surface area contributed by atoms with E-state index in [2.05, 4.69) is 14.7 Å². The molecule has 0 saturated heterocycles. The first-order chi connectivity index (χ1) is 16.3. The fourth-order valence-electron chi connectivity index (χ4n) is 3.49. The van der Waals surface area contributed by atoms with E-state index in [1.165, 1.54) is 18.5 Å². The van der Waals surface area contributed by atoms with Gasteiger partial charge in [-0.1, -0.05) is 41.9 Å². The van der Waals surface area contributed by atoms with Crippen molar-refractivity contribution in [2.45, 2.75) is 4.90 Å². The molecule has 0 aliphatic heterocycles. The minimum Gasteiger partial charge on any atom is -0.445 e. The van der Waals surface area contributed by atoms with Gasteiger partial charge in [0.1, 0.15) is 22.8 Å². The highest BCUT2D eigenvalue weighted by molar-refractivity contribution is 7.92. The number of nitrogens with one attached hydrogen (secondary N) is 1. The van der Waals surface area contributed by atoms with Gasteiger partial charge < -0.3 is 4.42 Å². The molecular formula is C24H14ClF2N3O3S. The SMILES string of the molecule is O=S(=O)(Nc1cc(-c2coc3ncc(-c4ccccc4)cc23)cnc1Cl)c1ccc(F)cc1F. The van der Waals surface area contributed by atoms with Gasteiger partial charge in [-0.2, -0.15) is 0 Å². The third-order valence-corrected chi connectivity index (χ3v) is 6.81. The maximum absolute atomic E-state index is 14.1. The van der Waals surface area contributed by atoms with E-state index in [0.717, 1.165) is 23.3 Å². The summed E-state index contributed by atoms with van der Waals surface area (Å²) in [5, 5.41) is 0.537. The molecule has 0 aliphatic rings. The zero-order valence-corrected chi connectivity index (χ0v) is 18.7. The third-order valence-electron chi connectivity index (χ3n) is 5.11. The molecule has 1 N–H and O–H groups in total. The van der Waals surface area contributed by atoms with Crippen LogP contribution in [0.5, 0.6) is 0 Å². The number of fused-ring (bicyclic) bond motifs is 1. The molecule has 0 bridgehead atoms. The predicted molar refractivity (Wildman–Crippen MR) is 125 cm³/mol. The topological polar surface area (TPSA) is 85.1 Å². The van der Waals surface area contributed by atoms with E-state index >= 15 is 0 Å². The molecule has 5 rings (SSSR count). The number of aromatic nitrogens is 2. The molecule has 3 aromatic heterocycles. The largest absolute Gasteiger partial charge is 0.445 e. The van der Waals surface area contributed by atoms with Crippen LogP contribution in [0.3, 0.4) is 0 Å². The van der Waals surface area contributed by atoms with Crippen LogP contribution in [0, 0.1) is 11.6 Å². The summed E-state index contributed by atoms with van der Waals surface area (Å²) >= 11 is 6.11. The number of hydrogen-bond donors (Lipinski definition) is 1. The zero-order chi connectivity index (χ0) is 23.9. The summed E-state index contributed by atoms with van der Waals surface area (Å²) in [6, 6.07) is 15.2. The maximum atomic E-state index is 14.1. The number of furan rings is 1. The first kappa shape index (κ1) is 22.0. The second kappa shape index (κ2) is 8.51. The molecule has 6 nitrogen and oxygen atoms in total. The van der Waals surface area contributed by atoms with E-state index in [0.29, 0.717) is 28.3 Å². The molecule has 2 aromatic carbocycles. The van der Waals surface area contributed by atoms with Crippen molar-refractivity contribution in [3.05, 3.63) is 96.1 Å². The lowest BCUT2D eigenvalue weighted by Gasteiger charge is -2.11. The Labute approximate surface area is 197 Å². The maximum Gasteiger partial charge on any atom is 0.264 e. The smallest absolute Gasteiger partial charge is 0.264 e. The van der Waals surface area contributed by atoms with Crippen LogP contribution in [0.1, 0.15) is 0 Å². The van der Waals surface area contributed by atoms with E-state index in [1.54, 1.807) is 6.20 Å². The summed E-state index contributed by atoms with van der Waals surface area (Å²) < 4.78 is 60.5. The lowest BCUT2D eigenvalue weighted by molar-refractivity contribution is 0.551. The molecule has 0 amide bonds. The van der Waals surface area contributed by atoms with Crippen LogP contribution in [0.2, 0.25) is 5.15 Å². The number of nitrogens with zero attached hydrogens (tertiary/aromatic N) is 2. The summed E-state index contributed by atoms with van der Waals surface area (Å²) in [5.74, 6) is -2.12. The lowest BCUT2D eigenvalue weighted by Crippen LogP contribution is -2.15. The highest BCUT2D eigenvalue weighted by Crippen LogP contribution is 2.35. The molecule has 3 heterocycles. The minimum absolute atomic E-state index is 0.0792. The number of halogens is 3. The van der Waals surface area contributed by atoms with Crippen molar-refractivity contribution in [3.63, 3.8) is 0 Å². The van der Waals surface area contributed by atoms with Crippen LogP contribution >= 0.6 is 11.6 Å². The number of sulfonamides is 1. The van der Waals surface area contributed by atoms with Gasteiger partial charge in [0.25, 0.3) is 10.0 Å². The van der Waals surface area contributed by atoms with Crippen molar-refractivity contribution in [3.8, 4) is 22.3 Å². The number of pyridine rings is 2. The Bertz CT molecular complexity index is 1640. The fourth-order valence-corrected chi connectivity index (χ4v) is 4.81. The quantitative estimate of drug-likeness (QED) is 0.288. The van der Waals surface area contributed by atoms with E-state index < -0.39 is 26.6 Å². The second-order valence-electron chi connectivity index (χ2n) is 7.33. The minimum atomic E-state index is -4.41. The monoisotopic (exact) mass is 497 g/mol. The Morgan fingerprint density at radius 3 is 2.41 bits per heavy atom. The van der Waals surface area contributed by atoms with Crippen molar-refractivity contribution < 1.29 is 21.6 Å². The summed E-state index contributed by atoms with van der Waals surface area (Å²) in [5.41, 5.74) is 3.24. The van der Waals surface area contributed by atoms with Crippen LogP contribution in [0.15, 0.2) is 88.6 Å². The lowest BCUT2D eigenvalue weighted by atomic mass is 10.0. The normalized spacial score (nSPS) is 11.6. The average Bonchev–Trinajstić information content (AvgIpc) is 3.24. The Balaban J connectivity index is 1.55. The highest BCUT2D eigenvalue weighted by Gasteiger charge is 2.22. The van der Waals surface area contributed by atoms with Gasteiger partial charge in [0.05, 0.1) is 5.69 Å². The molecule has 0 saturated carbocycles. The molecule has 0 radical (unpaired) electrons. The van der Waals surface area contributed by atoms with Gasteiger partial charge in [-0.15, -0.1) is 0 Å². The molecular weight excluding hydrogens is 484 g/mol. The molecule has 34 heavy (non-hydrogen) atoms. The number of hydrogen-bond acceptors (Lipinski definition) is 5. The van der Waals surface area contributed by atoms with Crippen molar-refractivity contribution in [1.82, 2.24) is 9.97 Å². The fraction of sp³-hybridized carbons (Fsp3) is 0. The Hall–Kier alpha value is -3.82. The Kier molecular flexibility index (Phi) is 5.51. The van der Waals surface area contributed by atoms with E-state index in [-0.39, 0.29) is 10.8 Å².